The minimum Gasteiger partial charge on any atom is -0.361 e. The molecular weight excluding hydrogens is 164 g/mol. The van der Waals surface area contributed by atoms with Crippen LogP contribution in [0.25, 0.3) is 0 Å². The van der Waals surface area contributed by atoms with Gasteiger partial charge < -0.3 is 10.3 Å². The number of rotatable bonds is 1. The monoisotopic (exact) mass is 178 g/mol. The van der Waals surface area contributed by atoms with Gasteiger partial charge in [-0.3, -0.25) is 0 Å². The Morgan fingerprint density at radius 3 is 2.92 bits per heavy atom. The first kappa shape index (κ1) is 7.56. The molecule has 3 nitrogen and oxygen atoms in total. The van der Waals surface area contributed by atoms with Crippen molar-refractivity contribution in [3.05, 3.63) is 17.0 Å². The van der Waals surface area contributed by atoms with E-state index in [0.717, 1.165) is 25.0 Å². The fraction of sp³-hybridized carbons (Fsp3) is 0.700. The minimum atomic E-state index is 0.285. The van der Waals surface area contributed by atoms with Crippen LogP contribution in [0, 0.1) is 0 Å². The van der Waals surface area contributed by atoms with Crippen LogP contribution in [0.4, 0.5) is 0 Å². The van der Waals surface area contributed by atoms with Crippen molar-refractivity contribution in [1.29, 1.82) is 0 Å². The summed E-state index contributed by atoms with van der Waals surface area (Å²) in [6.07, 6.45) is 5.64. The minimum absolute atomic E-state index is 0.285. The Morgan fingerprint density at radius 1 is 1.31 bits per heavy atom. The molecule has 2 N–H and O–H groups in total. The number of fused-ring (bicyclic) bond motifs is 1. The van der Waals surface area contributed by atoms with Gasteiger partial charge in [0.2, 0.25) is 0 Å². The van der Waals surface area contributed by atoms with Gasteiger partial charge in [0.1, 0.15) is 5.76 Å². The standard InChI is InChI=1S/C10H14N2O/c11-7-3-4-8-9(5-7)13-12-10(8)6-1-2-6/h6-7H,1-5,11H2. The molecule has 0 radical (unpaired) electrons. The summed E-state index contributed by atoms with van der Waals surface area (Å²) in [5, 5.41) is 4.16. The third-order valence-electron chi connectivity index (χ3n) is 3.08. The Hall–Kier alpha value is -0.830. The molecule has 1 fully saturated rings. The van der Waals surface area contributed by atoms with Gasteiger partial charge in [0.15, 0.2) is 0 Å². The summed E-state index contributed by atoms with van der Waals surface area (Å²) in [7, 11) is 0. The van der Waals surface area contributed by atoms with Crippen molar-refractivity contribution in [2.45, 2.75) is 44.1 Å². The van der Waals surface area contributed by atoms with Gasteiger partial charge >= 0.3 is 0 Å². The number of nitrogens with two attached hydrogens (primary N) is 1. The van der Waals surface area contributed by atoms with E-state index >= 15 is 0 Å². The predicted molar refractivity (Wildman–Crippen MR) is 48.5 cm³/mol. The van der Waals surface area contributed by atoms with Gasteiger partial charge in [-0.25, -0.2) is 0 Å². The van der Waals surface area contributed by atoms with Crippen LogP contribution < -0.4 is 5.73 Å². The van der Waals surface area contributed by atoms with Crippen LogP contribution >= 0.6 is 0 Å². The maximum Gasteiger partial charge on any atom is 0.141 e. The molecule has 3 rings (SSSR count). The summed E-state index contributed by atoms with van der Waals surface area (Å²) in [6.45, 7) is 0. The molecule has 0 saturated heterocycles. The third-order valence-corrected chi connectivity index (χ3v) is 3.08. The molecule has 2 aliphatic rings. The van der Waals surface area contributed by atoms with E-state index in [2.05, 4.69) is 5.16 Å². The van der Waals surface area contributed by atoms with Gasteiger partial charge in [-0.15, -0.1) is 0 Å². The molecule has 0 aromatic carbocycles. The molecule has 1 atom stereocenters. The Labute approximate surface area is 77.3 Å². The molecule has 0 amide bonds. The highest BCUT2D eigenvalue weighted by atomic mass is 16.5. The lowest BCUT2D eigenvalue weighted by molar-refractivity contribution is 0.358. The zero-order valence-electron chi connectivity index (χ0n) is 7.62. The average Bonchev–Trinajstić information content (AvgIpc) is 2.87. The van der Waals surface area contributed by atoms with E-state index in [9.17, 15) is 0 Å². The van der Waals surface area contributed by atoms with Gasteiger partial charge in [0.05, 0.1) is 5.69 Å². The topological polar surface area (TPSA) is 52.0 Å². The third kappa shape index (κ3) is 1.18. The summed E-state index contributed by atoms with van der Waals surface area (Å²) >= 11 is 0. The van der Waals surface area contributed by atoms with Gasteiger partial charge in [-0.05, 0) is 25.7 Å². The Balaban J connectivity index is 1.97. The fourth-order valence-corrected chi connectivity index (χ4v) is 2.13. The predicted octanol–water partition coefficient (Wildman–Crippen LogP) is 1.37. The molecule has 0 spiro atoms. The van der Waals surface area contributed by atoms with Crippen LogP contribution in [0.3, 0.4) is 0 Å². The smallest absolute Gasteiger partial charge is 0.141 e. The number of hydrogen-bond acceptors (Lipinski definition) is 3. The first-order chi connectivity index (χ1) is 6.34. The average molecular weight is 178 g/mol. The maximum absolute atomic E-state index is 5.86. The highest BCUT2D eigenvalue weighted by Crippen LogP contribution is 2.42. The van der Waals surface area contributed by atoms with E-state index < -0.39 is 0 Å². The van der Waals surface area contributed by atoms with E-state index in [1.807, 2.05) is 0 Å². The van der Waals surface area contributed by atoms with Crippen molar-refractivity contribution in [3.8, 4) is 0 Å². The van der Waals surface area contributed by atoms with Crippen LogP contribution in [0.5, 0.6) is 0 Å². The van der Waals surface area contributed by atoms with Crippen molar-refractivity contribution < 1.29 is 4.52 Å². The van der Waals surface area contributed by atoms with Gasteiger partial charge in [0, 0.05) is 23.9 Å². The molecule has 1 unspecified atom stereocenters. The zero-order chi connectivity index (χ0) is 8.84. The normalized spacial score (nSPS) is 27.3. The Kier molecular flexibility index (Phi) is 1.50. The van der Waals surface area contributed by atoms with E-state index in [0.29, 0.717) is 5.92 Å². The molecule has 2 aliphatic carbocycles. The van der Waals surface area contributed by atoms with Crippen molar-refractivity contribution in [2.24, 2.45) is 5.73 Å². The molecule has 3 heteroatoms. The second-order valence-electron chi connectivity index (χ2n) is 4.25. The van der Waals surface area contributed by atoms with Crippen LogP contribution in [0.2, 0.25) is 0 Å². The first-order valence-corrected chi connectivity index (χ1v) is 5.07. The molecule has 70 valence electrons. The summed E-state index contributed by atoms with van der Waals surface area (Å²) in [5.74, 6) is 1.77. The highest BCUT2D eigenvalue weighted by molar-refractivity contribution is 5.31. The van der Waals surface area contributed by atoms with Gasteiger partial charge in [-0.2, -0.15) is 0 Å². The van der Waals surface area contributed by atoms with Crippen LogP contribution in [0.1, 0.15) is 42.2 Å². The molecule has 1 aromatic rings. The molecule has 13 heavy (non-hydrogen) atoms. The zero-order valence-corrected chi connectivity index (χ0v) is 7.62. The Bertz CT molecular complexity index is 328. The summed E-state index contributed by atoms with van der Waals surface area (Å²) in [6, 6.07) is 0.285. The lowest BCUT2D eigenvalue weighted by atomic mass is 9.92. The molecule has 0 bridgehead atoms. The van der Waals surface area contributed by atoms with E-state index in [-0.39, 0.29) is 6.04 Å². The van der Waals surface area contributed by atoms with Crippen molar-refractivity contribution >= 4 is 0 Å². The molecule has 0 aliphatic heterocycles. The van der Waals surface area contributed by atoms with Crippen molar-refractivity contribution in [1.82, 2.24) is 5.16 Å². The second kappa shape index (κ2) is 2.58. The van der Waals surface area contributed by atoms with E-state index in [4.69, 9.17) is 10.3 Å². The van der Waals surface area contributed by atoms with Crippen molar-refractivity contribution in [3.63, 3.8) is 0 Å². The van der Waals surface area contributed by atoms with E-state index in [1.54, 1.807) is 0 Å². The van der Waals surface area contributed by atoms with E-state index in [1.165, 1.54) is 24.1 Å². The molecular formula is C10H14N2O. The highest BCUT2D eigenvalue weighted by Gasteiger charge is 2.33. The van der Waals surface area contributed by atoms with Gasteiger partial charge in [0.25, 0.3) is 0 Å². The van der Waals surface area contributed by atoms with Gasteiger partial charge in [-0.1, -0.05) is 5.16 Å². The van der Waals surface area contributed by atoms with Crippen LogP contribution in [-0.4, -0.2) is 11.2 Å². The quantitative estimate of drug-likeness (QED) is 0.706. The molecule has 1 heterocycles. The largest absolute Gasteiger partial charge is 0.361 e. The first-order valence-electron chi connectivity index (χ1n) is 5.07. The lowest BCUT2D eigenvalue weighted by Gasteiger charge is -2.16. The second-order valence-corrected chi connectivity index (χ2v) is 4.25. The Morgan fingerprint density at radius 2 is 2.15 bits per heavy atom. The summed E-state index contributed by atoms with van der Waals surface area (Å²) in [5.41, 5.74) is 8.48. The summed E-state index contributed by atoms with van der Waals surface area (Å²) < 4.78 is 5.33. The molecule has 1 saturated carbocycles. The number of aromatic nitrogens is 1. The van der Waals surface area contributed by atoms with Crippen LogP contribution in [-0.2, 0) is 12.8 Å². The number of hydrogen-bond donors (Lipinski definition) is 1. The van der Waals surface area contributed by atoms with Crippen LogP contribution in [0.15, 0.2) is 4.52 Å². The SMILES string of the molecule is NC1CCc2c(C3CC3)noc2C1. The van der Waals surface area contributed by atoms with Crippen molar-refractivity contribution in [2.75, 3.05) is 0 Å². The fourth-order valence-electron chi connectivity index (χ4n) is 2.13. The summed E-state index contributed by atoms with van der Waals surface area (Å²) in [4.78, 5) is 0. The molecule has 1 aromatic heterocycles. The maximum atomic E-state index is 5.86. The number of nitrogens with zero attached hydrogens (tertiary/aromatic N) is 1. The lowest BCUT2D eigenvalue weighted by Crippen LogP contribution is -2.27.